The first-order chi connectivity index (χ1) is 0. The fourth-order valence-electron chi connectivity index (χ4n) is 0. The maximum Gasteiger partial charge on any atom is 0 e. The normalized spacial score (nSPS) is 0. The molecule has 0 rings (SSSR count). The standard InChI is InChI=1S/7ClH.2Ti/h7*1H;;. The Labute approximate surface area is 128 Å². The first-order valence-electron chi connectivity index (χ1n) is 0. The molecule has 0 fully saturated rings. The molecule has 0 radical (unpaired) electrons. The molecule has 64 valence electrons. The summed E-state index contributed by atoms with van der Waals surface area (Å²) in [5.41, 5.74) is 0. The Morgan fingerprint density at radius 2 is 0.222 bits per heavy atom. The minimum Gasteiger partial charge on any atom is -0.147 e. The summed E-state index contributed by atoms with van der Waals surface area (Å²) in [6.45, 7) is 0. The third-order valence-corrected chi connectivity index (χ3v) is 0. The van der Waals surface area contributed by atoms with Crippen molar-refractivity contribution in [2.45, 2.75) is 0 Å². The molecule has 0 saturated heterocycles. The van der Waals surface area contributed by atoms with Crippen molar-refractivity contribution in [1.82, 2.24) is 0 Å². The van der Waals surface area contributed by atoms with Crippen LogP contribution in [0.5, 0.6) is 0 Å². The Bertz CT molecular complexity index is 6.88. The van der Waals surface area contributed by atoms with E-state index < -0.39 is 0 Å². The van der Waals surface area contributed by atoms with Crippen LogP contribution in [0.4, 0.5) is 0 Å². The number of halogens is 7. The van der Waals surface area contributed by atoms with Crippen molar-refractivity contribution in [3.8, 4) is 0 Å². The van der Waals surface area contributed by atoms with Gasteiger partial charge in [0.05, 0.1) is 0 Å². The molecular formula is H7Cl7Ti2. The van der Waals surface area contributed by atoms with E-state index in [1.54, 1.807) is 0 Å². The van der Waals surface area contributed by atoms with Crippen LogP contribution in [-0.2, 0) is 43.4 Å². The van der Waals surface area contributed by atoms with E-state index in [4.69, 9.17) is 0 Å². The van der Waals surface area contributed by atoms with E-state index in [2.05, 4.69) is 0 Å². The van der Waals surface area contributed by atoms with E-state index in [0.717, 1.165) is 0 Å². The third-order valence-electron chi connectivity index (χ3n) is 0. The zero-order valence-electron chi connectivity index (χ0n) is 3.86. The van der Waals surface area contributed by atoms with Crippen LogP contribution in [-0.4, -0.2) is 0 Å². The van der Waals surface area contributed by atoms with Gasteiger partial charge in [-0.05, 0) is 0 Å². The van der Waals surface area contributed by atoms with Crippen molar-refractivity contribution in [3.05, 3.63) is 0 Å². The monoisotopic (exact) mass is 348 g/mol. The largest absolute Gasteiger partial charge is 0.147 e. The van der Waals surface area contributed by atoms with Crippen LogP contribution in [0.2, 0.25) is 0 Å². The van der Waals surface area contributed by atoms with Gasteiger partial charge in [-0.2, -0.15) is 0 Å². The number of hydrogen-bond acceptors (Lipinski definition) is 0. The van der Waals surface area contributed by atoms with Gasteiger partial charge < -0.3 is 0 Å². The van der Waals surface area contributed by atoms with Crippen LogP contribution in [0, 0.1) is 0 Å². The molecule has 0 aliphatic rings. The molecule has 0 aliphatic carbocycles. The van der Waals surface area contributed by atoms with Crippen molar-refractivity contribution >= 4 is 86.8 Å². The summed E-state index contributed by atoms with van der Waals surface area (Å²) < 4.78 is 0. The van der Waals surface area contributed by atoms with Gasteiger partial charge in [-0.25, -0.2) is 0 Å². The second kappa shape index (κ2) is 105. The Morgan fingerprint density at radius 3 is 0.222 bits per heavy atom. The molecule has 0 unspecified atom stereocenters. The molecule has 0 aromatic heterocycles. The molecule has 9 heteroatoms. The Balaban J connectivity index is 0. The fourth-order valence-corrected chi connectivity index (χ4v) is 0. The van der Waals surface area contributed by atoms with E-state index in [0.29, 0.717) is 0 Å². The summed E-state index contributed by atoms with van der Waals surface area (Å²) in [4.78, 5) is 0. The zero-order valence-corrected chi connectivity index (χ0v) is 12.7. The van der Waals surface area contributed by atoms with E-state index in [1.165, 1.54) is 0 Å². The first-order valence-corrected chi connectivity index (χ1v) is 0. The molecule has 0 atom stereocenters. The third kappa shape index (κ3) is 85.7. The fraction of sp³-hybridized carbons (Fsp3) is 0. The van der Waals surface area contributed by atoms with Crippen LogP contribution in [0.3, 0.4) is 0 Å². The van der Waals surface area contributed by atoms with Crippen molar-refractivity contribution in [2.75, 3.05) is 0 Å². The van der Waals surface area contributed by atoms with Gasteiger partial charge in [0.25, 0.3) is 0 Å². The summed E-state index contributed by atoms with van der Waals surface area (Å²) >= 11 is 0. The Kier molecular flexibility index (Phi) is 1590. The molecular weight excluding hydrogens is 344 g/mol. The average molecular weight is 351 g/mol. The van der Waals surface area contributed by atoms with Crippen molar-refractivity contribution in [2.24, 2.45) is 0 Å². The summed E-state index contributed by atoms with van der Waals surface area (Å²) in [5.74, 6) is 0. The second-order valence-corrected chi connectivity index (χ2v) is 0. The summed E-state index contributed by atoms with van der Waals surface area (Å²) in [7, 11) is 0. The predicted octanol–water partition coefficient (Wildman–Crippen LogP) is 2.95. The summed E-state index contributed by atoms with van der Waals surface area (Å²) in [5, 5.41) is 0. The minimum absolute atomic E-state index is 0. The Hall–Kier alpha value is 3.46. The molecule has 0 saturated carbocycles. The molecule has 0 N–H and O–H groups in total. The van der Waals surface area contributed by atoms with Gasteiger partial charge in [-0.15, -0.1) is 86.8 Å². The van der Waals surface area contributed by atoms with Gasteiger partial charge in [-0.1, -0.05) is 0 Å². The molecule has 0 aromatic carbocycles. The SMILES string of the molecule is Cl.Cl.Cl.Cl.Cl.Cl.Cl.[Ti].[Ti]. The predicted molar refractivity (Wildman–Crippen MR) is 50.7 cm³/mol. The zero-order chi connectivity index (χ0) is 0. The molecule has 9 heavy (non-hydrogen) atoms. The van der Waals surface area contributed by atoms with Gasteiger partial charge in [0.15, 0.2) is 0 Å². The molecule has 0 bridgehead atoms. The smallest absolute Gasteiger partial charge is 0 e. The van der Waals surface area contributed by atoms with Crippen molar-refractivity contribution in [3.63, 3.8) is 0 Å². The minimum atomic E-state index is 0. The van der Waals surface area contributed by atoms with Crippen LogP contribution < -0.4 is 0 Å². The van der Waals surface area contributed by atoms with Gasteiger partial charge in [0, 0.05) is 43.4 Å². The number of hydrogen-bond donors (Lipinski definition) is 0. The van der Waals surface area contributed by atoms with Gasteiger partial charge in [-0.3, -0.25) is 0 Å². The van der Waals surface area contributed by atoms with Crippen LogP contribution in [0.1, 0.15) is 0 Å². The van der Waals surface area contributed by atoms with Crippen LogP contribution in [0.15, 0.2) is 0 Å². The van der Waals surface area contributed by atoms with Crippen molar-refractivity contribution < 1.29 is 43.4 Å². The maximum absolute atomic E-state index is 0. The average Bonchev–Trinajstić information content (AvgIpc) is 0. The van der Waals surface area contributed by atoms with Crippen LogP contribution in [0.25, 0.3) is 0 Å². The van der Waals surface area contributed by atoms with Gasteiger partial charge in [0.2, 0.25) is 0 Å². The molecule has 0 amide bonds. The molecule has 0 spiro atoms. The Morgan fingerprint density at radius 1 is 0.222 bits per heavy atom. The molecule has 0 heterocycles. The second-order valence-electron chi connectivity index (χ2n) is 0. The van der Waals surface area contributed by atoms with E-state index in [1.807, 2.05) is 0 Å². The topological polar surface area (TPSA) is 0 Å². The molecule has 0 nitrogen and oxygen atoms in total. The maximum atomic E-state index is 0. The van der Waals surface area contributed by atoms with Gasteiger partial charge >= 0.3 is 0 Å². The van der Waals surface area contributed by atoms with E-state index in [-0.39, 0.29) is 130 Å². The molecule has 0 aliphatic heterocycles. The summed E-state index contributed by atoms with van der Waals surface area (Å²) in [6.07, 6.45) is 0. The van der Waals surface area contributed by atoms with Crippen molar-refractivity contribution in [1.29, 1.82) is 0 Å². The number of rotatable bonds is 0. The first kappa shape index (κ1) is 137. The van der Waals surface area contributed by atoms with E-state index >= 15 is 0 Å². The quantitative estimate of drug-likeness (QED) is 0.589. The summed E-state index contributed by atoms with van der Waals surface area (Å²) in [6, 6.07) is 0. The molecule has 0 aromatic rings. The van der Waals surface area contributed by atoms with Gasteiger partial charge in [0.1, 0.15) is 0 Å². The van der Waals surface area contributed by atoms with E-state index in [9.17, 15) is 0 Å². The van der Waals surface area contributed by atoms with Crippen LogP contribution >= 0.6 is 86.8 Å².